The molecule has 4 nitrogen and oxygen atoms in total. The fourth-order valence-corrected chi connectivity index (χ4v) is 2.94. The number of aryl methyl sites for hydroxylation is 1. The first-order valence-electron chi connectivity index (χ1n) is 9.47. The highest BCUT2D eigenvalue weighted by Gasteiger charge is 2.07. The first kappa shape index (κ1) is 19.5. The normalized spacial score (nSPS) is 10.5. The quantitative estimate of drug-likeness (QED) is 0.549. The second-order valence-corrected chi connectivity index (χ2v) is 6.58. The van der Waals surface area contributed by atoms with E-state index in [1.165, 1.54) is 11.6 Å². The van der Waals surface area contributed by atoms with E-state index in [1.54, 1.807) is 30.6 Å². The molecule has 0 unspecified atom stereocenters. The average molecular weight is 377 g/mol. The predicted octanol–water partition coefficient (Wildman–Crippen LogP) is 4.24. The Balaban J connectivity index is 1.44. The van der Waals surface area contributed by atoms with Crippen LogP contribution in [0, 0.1) is 5.82 Å². The molecule has 0 bridgehead atoms. The van der Waals surface area contributed by atoms with Crippen molar-refractivity contribution < 1.29 is 9.18 Å². The van der Waals surface area contributed by atoms with E-state index in [1.807, 2.05) is 24.3 Å². The zero-order chi connectivity index (χ0) is 19.6. The topological polar surface area (TPSA) is 54.0 Å². The van der Waals surface area contributed by atoms with Crippen LogP contribution in [0.25, 0.3) is 0 Å². The molecule has 0 aliphatic rings. The van der Waals surface area contributed by atoms with E-state index in [0.717, 1.165) is 18.5 Å². The molecule has 0 atom stereocenters. The molecular formula is C23H24FN3O. The van der Waals surface area contributed by atoms with Crippen molar-refractivity contribution in [3.8, 4) is 0 Å². The summed E-state index contributed by atoms with van der Waals surface area (Å²) in [5.74, 6) is -0.343. The van der Waals surface area contributed by atoms with Crippen LogP contribution in [0.4, 0.5) is 10.1 Å². The number of nitrogens with one attached hydrogen (secondary N) is 2. The summed E-state index contributed by atoms with van der Waals surface area (Å²) in [6.07, 6.45) is 5.57. The maximum Gasteiger partial charge on any atom is 0.252 e. The maximum atomic E-state index is 13.6. The number of pyridine rings is 1. The van der Waals surface area contributed by atoms with Crippen molar-refractivity contribution in [2.45, 2.75) is 19.3 Å². The summed E-state index contributed by atoms with van der Waals surface area (Å²) in [5, 5.41) is 6.12. The fraction of sp³-hybridized carbons (Fsp3) is 0.217. The van der Waals surface area contributed by atoms with Crippen LogP contribution in [0.2, 0.25) is 0 Å². The SMILES string of the molecule is O=C(NCCCc1ccccc1)c1cncc(NCCc2ccccc2F)c1. The van der Waals surface area contributed by atoms with Gasteiger partial charge < -0.3 is 10.6 Å². The number of carbonyl (C=O) groups is 1. The van der Waals surface area contributed by atoms with Crippen LogP contribution in [0.1, 0.15) is 27.9 Å². The number of hydrogen-bond acceptors (Lipinski definition) is 3. The van der Waals surface area contributed by atoms with Gasteiger partial charge in [-0.2, -0.15) is 0 Å². The van der Waals surface area contributed by atoms with E-state index in [2.05, 4.69) is 27.8 Å². The van der Waals surface area contributed by atoms with E-state index in [9.17, 15) is 9.18 Å². The van der Waals surface area contributed by atoms with Crippen LogP contribution >= 0.6 is 0 Å². The third kappa shape index (κ3) is 5.91. The number of rotatable bonds is 9. The standard InChI is InChI=1S/C23H24FN3O/c24-22-11-5-4-10-19(22)12-14-26-21-15-20(16-25-17-21)23(28)27-13-6-9-18-7-2-1-3-8-18/h1-5,7-8,10-11,15-17,26H,6,9,12-14H2,(H,27,28). The van der Waals surface area contributed by atoms with Crippen molar-refractivity contribution in [1.29, 1.82) is 0 Å². The summed E-state index contributed by atoms with van der Waals surface area (Å²) >= 11 is 0. The number of benzene rings is 2. The van der Waals surface area contributed by atoms with E-state index >= 15 is 0 Å². The van der Waals surface area contributed by atoms with Gasteiger partial charge in [-0.05, 0) is 42.5 Å². The van der Waals surface area contributed by atoms with Gasteiger partial charge in [0.2, 0.25) is 0 Å². The molecule has 0 spiro atoms. The Bertz CT molecular complexity index is 899. The summed E-state index contributed by atoms with van der Waals surface area (Å²) in [5.41, 5.74) is 3.18. The summed E-state index contributed by atoms with van der Waals surface area (Å²) in [6, 6.07) is 18.7. The van der Waals surface area contributed by atoms with Gasteiger partial charge in [-0.3, -0.25) is 9.78 Å². The molecule has 3 rings (SSSR count). The molecule has 1 aromatic heterocycles. The Hall–Kier alpha value is -3.21. The van der Waals surface area contributed by atoms with Gasteiger partial charge in [-0.15, -0.1) is 0 Å². The van der Waals surface area contributed by atoms with Crippen LogP contribution in [-0.2, 0) is 12.8 Å². The minimum Gasteiger partial charge on any atom is -0.383 e. The summed E-state index contributed by atoms with van der Waals surface area (Å²) < 4.78 is 13.6. The first-order chi connectivity index (χ1) is 13.7. The van der Waals surface area contributed by atoms with Gasteiger partial charge in [-0.1, -0.05) is 48.5 Å². The van der Waals surface area contributed by atoms with E-state index in [0.29, 0.717) is 30.6 Å². The zero-order valence-corrected chi connectivity index (χ0v) is 15.7. The Morgan fingerprint density at radius 3 is 2.54 bits per heavy atom. The largest absolute Gasteiger partial charge is 0.383 e. The van der Waals surface area contributed by atoms with E-state index in [4.69, 9.17) is 0 Å². The Labute approximate surface area is 164 Å². The van der Waals surface area contributed by atoms with Crippen LogP contribution in [0.5, 0.6) is 0 Å². The van der Waals surface area contributed by atoms with Crippen molar-refractivity contribution >= 4 is 11.6 Å². The second kappa shape index (κ2) is 10.2. The van der Waals surface area contributed by atoms with Gasteiger partial charge in [0.05, 0.1) is 11.3 Å². The Morgan fingerprint density at radius 2 is 1.71 bits per heavy atom. The van der Waals surface area contributed by atoms with Crippen LogP contribution in [0.15, 0.2) is 73.1 Å². The second-order valence-electron chi connectivity index (χ2n) is 6.58. The number of aromatic nitrogens is 1. The molecule has 2 N–H and O–H groups in total. The number of hydrogen-bond donors (Lipinski definition) is 2. The lowest BCUT2D eigenvalue weighted by Crippen LogP contribution is -2.25. The molecule has 1 amide bonds. The number of halogens is 1. The molecule has 0 radical (unpaired) electrons. The highest BCUT2D eigenvalue weighted by atomic mass is 19.1. The fourth-order valence-electron chi connectivity index (χ4n) is 2.94. The molecule has 144 valence electrons. The third-order valence-electron chi connectivity index (χ3n) is 4.45. The predicted molar refractivity (Wildman–Crippen MR) is 110 cm³/mol. The van der Waals surface area contributed by atoms with Crippen LogP contribution in [-0.4, -0.2) is 24.0 Å². The Kier molecular flexibility index (Phi) is 7.13. The van der Waals surface area contributed by atoms with Crippen molar-refractivity contribution in [3.05, 3.63) is 95.6 Å². The van der Waals surface area contributed by atoms with Gasteiger partial charge in [0.15, 0.2) is 0 Å². The average Bonchev–Trinajstić information content (AvgIpc) is 2.73. The van der Waals surface area contributed by atoms with E-state index < -0.39 is 0 Å². The minimum atomic E-state index is -0.203. The van der Waals surface area contributed by atoms with Crippen molar-refractivity contribution in [2.75, 3.05) is 18.4 Å². The van der Waals surface area contributed by atoms with Crippen molar-refractivity contribution in [3.63, 3.8) is 0 Å². The van der Waals surface area contributed by atoms with Gasteiger partial charge in [0, 0.05) is 25.5 Å². The molecule has 3 aromatic rings. The molecule has 0 fully saturated rings. The van der Waals surface area contributed by atoms with Crippen LogP contribution in [0.3, 0.4) is 0 Å². The summed E-state index contributed by atoms with van der Waals surface area (Å²) in [7, 11) is 0. The lowest BCUT2D eigenvalue weighted by atomic mass is 10.1. The molecule has 0 aliphatic heterocycles. The number of anilines is 1. The van der Waals surface area contributed by atoms with Gasteiger partial charge in [0.1, 0.15) is 5.82 Å². The highest BCUT2D eigenvalue weighted by molar-refractivity contribution is 5.94. The smallest absolute Gasteiger partial charge is 0.252 e. The van der Waals surface area contributed by atoms with Crippen LogP contribution < -0.4 is 10.6 Å². The van der Waals surface area contributed by atoms with Crippen molar-refractivity contribution in [1.82, 2.24) is 10.3 Å². The molecule has 1 heterocycles. The first-order valence-corrected chi connectivity index (χ1v) is 9.47. The number of nitrogens with zero attached hydrogens (tertiary/aromatic N) is 1. The Morgan fingerprint density at radius 1 is 0.929 bits per heavy atom. The van der Waals surface area contributed by atoms with E-state index in [-0.39, 0.29) is 11.7 Å². The monoisotopic (exact) mass is 377 g/mol. The third-order valence-corrected chi connectivity index (χ3v) is 4.45. The molecule has 2 aromatic carbocycles. The summed E-state index contributed by atoms with van der Waals surface area (Å²) in [6.45, 7) is 1.17. The zero-order valence-electron chi connectivity index (χ0n) is 15.7. The summed E-state index contributed by atoms with van der Waals surface area (Å²) in [4.78, 5) is 16.4. The number of amides is 1. The lowest BCUT2D eigenvalue weighted by molar-refractivity contribution is 0.0953. The number of carbonyl (C=O) groups excluding carboxylic acids is 1. The lowest BCUT2D eigenvalue weighted by Gasteiger charge is -2.09. The molecule has 5 heteroatoms. The van der Waals surface area contributed by atoms with Gasteiger partial charge >= 0.3 is 0 Å². The molecular weight excluding hydrogens is 353 g/mol. The van der Waals surface area contributed by atoms with Gasteiger partial charge in [0.25, 0.3) is 5.91 Å². The molecule has 28 heavy (non-hydrogen) atoms. The molecule has 0 aliphatic carbocycles. The maximum absolute atomic E-state index is 13.6. The minimum absolute atomic E-state index is 0.140. The van der Waals surface area contributed by atoms with Crippen molar-refractivity contribution in [2.24, 2.45) is 0 Å². The molecule has 0 saturated carbocycles. The van der Waals surface area contributed by atoms with Gasteiger partial charge in [-0.25, -0.2) is 4.39 Å². The highest BCUT2D eigenvalue weighted by Crippen LogP contribution is 2.11. The molecule has 0 saturated heterocycles.